The predicted molar refractivity (Wildman–Crippen MR) is 130 cm³/mol. The smallest absolute Gasteiger partial charge is 0.0701 e. The standard InChI is InChI=1S/C24H48N2O9/c1(25-3-9-28-13-17-32-21-22-33-18-14-29-10-4-25)7-27-8-2-26-5-11-30-15-19-34-23-24-35-20-16-31-12-6-26/h1-24H2. The highest BCUT2D eigenvalue weighted by Crippen LogP contribution is 1.96. The molecule has 35 heavy (non-hydrogen) atoms. The lowest BCUT2D eigenvalue weighted by molar-refractivity contribution is 0.00206. The van der Waals surface area contributed by atoms with E-state index in [0.29, 0.717) is 119 Å². The Hall–Kier alpha value is -0.440. The molecule has 2 heterocycles. The third kappa shape index (κ3) is 19.4. The van der Waals surface area contributed by atoms with Crippen LogP contribution in [0.4, 0.5) is 0 Å². The molecule has 0 aromatic heterocycles. The normalized spacial score (nSPS) is 24.0. The van der Waals surface area contributed by atoms with Crippen molar-refractivity contribution in [3.63, 3.8) is 0 Å². The molecule has 2 saturated heterocycles. The van der Waals surface area contributed by atoms with Gasteiger partial charge in [0, 0.05) is 39.3 Å². The van der Waals surface area contributed by atoms with E-state index >= 15 is 0 Å². The fourth-order valence-corrected chi connectivity index (χ4v) is 3.46. The molecule has 0 atom stereocenters. The molecule has 0 saturated carbocycles. The Morgan fingerprint density at radius 3 is 0.829 bits per heavy atom. The van der Waals surface area contributed by atoms with E-state index in [4.69, 9.17) is 42.6 Å². The molecule has 0 aromatic rings. The molecule has 2 fully saturated rings. The first-order chi connectivity index (χ1) is 17.4. The molecule has 0 spiro atoms. The summed E-state index contributed by atoms with van der Waals surface area (Å²) < 4.78 is 50.6. The van der Waals surface area contributed by atoms with E-state index in [1.54, 1.807) is 0 Å². The van der Waals surface area contributed by atoms with E-state index in [9.17, 15) is 0 Å². The van der Waals surface area contributed by atoms with Gasteiger partial charge in [0.25, 0.3) is 0 Å². The van der Waals surface area contributed by atoms with E-state index in [0.717, 1.165) is 39.3 Å². The Labute approximate surface area is 211 Å². The lowest BCUT2D eigenvalue weighted by Crippen LogP contribution is -2.36. The van der Waals surface area contributed by atoms with Crippen molar-refractivity contribution in [3.05, 3.63) is 0 Å². The van der Waals surface area contributed by atoms with Crippen LogP contribution in [0, 0.1) is 0 Å². The largest absolute Gasteiger partial charge is 0.379 e. The van der Waals surface area contributed by atoms with Gasteiger partial charge in [0.15, 0.2) is 0 Å². The van der Waals surface area contributed by atoms with Gasteiger partial charge >= 0.3 is 0 Å². The van der Waals surface area contributed by atoms with Gasteiger partial charge in [-0.2, -0.15) is 0 Å². The second-order valence-corrected chi connectivity index (χ2v) is 8.19. The van der Waals surface area contributed by atoms with Crippen LogP contribution >= 0.6 is 0 Å². The zero-order chi connectivity index (χ0) is 24.5. The number of hydrogen-bond acceptors (Lipinski definition) is 11. The van der Waals surface area contributed by atoms with E-state index in [-0.39, 0.29) is 0 Å². The maximum Gasteiger partial charge on any atom is 0.0701 e. The van der Waals surface area contributed by atoms with Crippen LogP contribution in [0.1, 0.15) is 0 Å². The van der Waals surface area contributed by atoms with Crippen molar-refractivity contribution in [3.8, 4) is 0 Å². The SMILES string of the molecule is C1COCCOCCN(CCOCCN2CCOCCOCCOCCOCC2)CCOCCO1. The van der Waals surface area contributed by atoms with Crippen LogP contribution in [0.25, 0.3) is 0 Å². The lowest BCUT2D eigenvalue weighted by atomic mass is 10.4. The molecule has 0 amide bonds. The summed E-state index contributed by atoms with van der Waals surface area (Å²) in [7, 11) is 0. The fraction of sp³-hybridized carbons (Fsp3) is 1.00. The van der Waals surface area contributed by atoms with Crippen molar-refractivity contribution in [2.75, 3.05) is 158 Å². The molecule has 2 aliphatic rings. The van der Waals surface area contributed by atoms with Crippen LogP contribution in [0.2, 0.25) is 0 Å². The highest BCUT2D eigenvalue weighted by Gasteiger charge is 2.08. The summed E-state index contributed by atoms with van der Waals surface area (Å²) in [6.45, 7) is 16.2. The van der Waals surface area contributed by atoms with Crippen molar-refractivity contribution in [2.45, 2.75) is 0 Å². The van der Waals surface area contributed by atoms with Gasteiger partial charge < -0.3 is 42.6 Å². The van der Waals surface area contributed by atoms with Crippen LogP contribution < -0.4 is 0 Å². The summed E-state index contributed by atoms with van der Waals surface area (Å²) in [5.41, 5.74) is 0. The second-order valence-electron chi connectivity index (χ2n) is 8.19. The Kier molecular flexibility index (Phi) is 21.0. The van der Waals surface area contributed by atoms with Gasteiger partial charge in [-0.1, -0.05) is 0 Å². The minimum atomic E-state index is 0.591. The molecule has 0 bridgehead atoms. The molecule has 11 heteroatoms. The zero-order valence-electron chi connectivity index (χ0n) is 21.5. The molecular formula is C24H48N2O9. The van der Waals surface area contributed by atoms with Crippen molar-refractivity contribution >= 4 is 0 Å². The third-order valence-electron chi connectivity index (χ3n) is 5.54. The molecule has 0 aromatic carbocycles. The van der Waals surface area contributed by atoms with Gasteiger partial charge in [-0.05, 0) is 0 Å². The maximum atomic E-state index is 5.96. The van der Waals surface area contributed by atoms with Gasteiger partial charge in [0.2, 0.25) is 0 Å². The summed E-state index contributed by atoms with van der Waals surface area (Å²) >= 11 is 0. The number of hydrogen-bond donors (Lipinski definition) is 0. The van der Waals surface area contributed by atoms with E-state index < -0.39 is 0 Å². The lowest BCUT2D eigenvalue weighted by Gasteiger charge is -2.24. The van der Waals surface area contributed by atoms with Gasteiger partial charge in [-0.25, -0.2) is 0 Å². The van der Waals surface area contributed by atoms with Crippen LogP contribution in [-0.4, -0.2) is 168 Å². The fourth-order valence-electron chi connectivity index (χ4n) is 3.46. The van der Waals surface area contributed by atoms with Crippen molar-refractivity contribution in [1.29, 1.82) is 0 Å². The van der Waals surface area contributed by atoms with Gasteiger partial charge in [0.05, 0.1) is 119 Å². The number of rotatable bonds is 6. The second kappa shape index (κ2) is 23.9. The number of ether oxygens (including phenoxy) is 9. The third-order valence-corrected chi connectivity index (χ3v) is 5.54. The minimum absolute atomic E-state index is 0.591. The van der Waals surface area contributed by atoms with Crippen molar-refractivity contribution in [2.24, 2.45) is 0 Å². The van der Waals surface area contributed by atoms with Crippen molar-refractivity contribution < 1.29 is 42.6 Å². The summed E-state index contributed by atoms with van der Waals surface area (Å²) in [6, 6.07) is 0. The Balaban J connectivity index is 1.60. The first-order valence-corrected chi connectivity index (χ1v) is 13.1. The highest BCUT2D eigenvalue weighted by atomic mass is 16.6. The topological polar surface area (TPSA) is 89.6 Å². The Bertz CT molecular complexity index is 381. The van der Waals surface area contributed by atoms with Crippen LogP contribution in [0.3, 0.4) is 0 Å². The average molecular weight is 509 g/mol. The summed E-state index contributed by atoms with van der Waals surface area (Å²) in [6.07, 6.45) is 0. The van der Waals surface area contributed by atoms with Gasteiger partial charge in [-0.15, -0.1) is 0 Å². The van der Waals surface area contributed by atoms with Crippen LogP contribution in [-0.2, 0) is 42.6 Å². The van der Waals surface area contributed by atoms with Gasteiger partial charge in [0.1, 0.15) is 0 Å². The zero-order valence-corrected chi connectivity index (χ0v) is 21.5. The molecule has 2 rings (SSSR count). The first kappa shape index (κ1) is 30.8. The molecule has 0 N–H and O–H groups in total. The van der Waals surface area contributed by atoms with Gasteiger partial charge in [-0.3, -0.25) is 9.80 Å². The highest BCUT2D eigenvalue weighted by molar-refractivity contribution is 4.60. The summed E-state index contributed by atoms with van der Waals surface area (Å²) in [5.74, 6) is 0. The molecule has 208 valence electrons. The summed E-state index contributed by atoms with van der Waals surface area (Å²) in [5, 5.41) is 0. The molecule has 2 aliphatic heterocycles. The molecule has 11 nitrogen and oxygen atoms in total. The molecular weight excluding hydrogens is 460 g/mol. The average Bonchev–Trinajstić information content (AvgIpc) is 2.88. The predicted octanol–water partition coefficient (Wildman–Crippen LogP) is -0.233. The maximum absolute atomic E-state index is 5.96. The number of nitrogens with zero attached hydrogens (tertiary/aromatic N) is 2. The quantitative estimate of drug-likeness (QED) is 0.446. The Morgan fingerprint density at radius 2 is 0.571 bits per heavy atom. The minimum Gasteiger partial charge on any atom is -0.379 e. The molecule has 0 unspecified atom stereocenters. The monoisotopic (exact) mass is 508 g/mol. The van der Waals surface area contributed by atoms with Crippen molar-refractivity contribution in [1.82, 2.24) is 9.80 Å². The first-order valence-electron chi connectivity index (χ1n) is 13.1. The van der Waals surface area contributed by atoms with E-state index in [1.807, 2.05) is 0 Å². The van der Waals surface area contributed by atoms with Crippen LogP contribution in [0.5, 0.6) is 0 Å². The summed E-state index contributed by atoms with van der Waals surface area (Å²) in [4.78, 5) is 4.63. The van der Waals surface area contributed by atoms with E-state index in [2.05, 4.69) is 9.80 Å². The Morgan fingerprint density at radius 1 is 0.343 bits per heavy atom. The van der Waals surface area contributed by atoms with Crippen LogP contribution in [0.15, 0.2) is 0 Å². The van der Waals surface area contributed by atoms with E-state index in [1.165, 1.54) is 0 Å². The molecule has 0 radical (unpaired) electrons. The molecule has 0 aliphatic carbocycles.